The fraction of sp³-hybridized carbons (Fsp3) is 0.143. The number of hydrogen-bond donors (Lipinski definition) is 1. The van der Waals surface area contributed by atoms with E-state index >= 15 is 0 Å². The summed E-state index contributed by atoms with van der Waals surface area (Å²) in [5, 5.41) is 13.9. The molecule has 1 aromatic carbocycles. The maximum Gasteiger partial charge on any atom is 0.242 e. The smallest absolute Gasteiger partial charge is 0.242 e. The molecule has 2 rings (SSSR count). The van der Waals surface area contributed by atoms with E-state index in [4.69, 9.17) is 5.26 Å². The Kier molecular flexibility index (Phi) is 4.72. The molecule has 1 atom stereocenters. The third-order valence-electron chi connectivity index (χ3n) is 2.64. The first-order chi connectivity index (χ1) is 9.22. The van der Waals surface area contributed by atoms with Crippen LogP contribution in [0.1, 0.15) is 16.4 Å². The van der Waals surface area contributed by atoms with Gasteiger partial charge in [-0.1, -0.05) is 30.3 Å². The number of carbonyl (C=O) groups is 1. The van der Waals surface area contributed by atoms with Gasteiger partial charge in [0.25, 0.3) is 0 Å². The monoisotopic (exact) mass is 334 g/mol. The van der Waals surface area contributed by atoms with E-state index in [0.717, 1.165) is 9.35 Å². The lowest BCUT2D eigenvalue weighted by Crippen LogP contribution is -2.28. The highest BCUT2D eigenvalue weighted by molar-refractivity contribution is 9.10. The summed E-state index contributed by atoms with van der Waals surface area (Å²) in [6.07, 6.45) is 0. The van der Waals surface area contributed by atoms with Gasteiger partial charge in [-0.05, 0) is 32.9 Å². The van der Waals surface area contributed by atoms with E-state index in [-0.39, 0.29) is 5.91 Å². The number of thiophene rings is 1. The number of amides is 1. The van der Waals surface area contributed by atoms with E-state index in [0.29, 0.717) is 12.1 Å². The van der Waals surface area contributed by atoms with Crippen LogP contribution in [0.4, 0.5) is 0 Å². The van der Waals surface area contributed by atoms with Crippen molar-refractivity contribution in [2.75, 3.05) is 0 Å². The third kappa shape index (κ3) is 3.43. The van der Waals surface area contributed by atoms with Gasteiger partial charge in [-0.2, -0.15) is 5.26 Å². The number of rotatable bonds is 4. The van der Waals surface area contributed by atoms with Crippen molar-refractivity contribution in [1.82, 2.24) is 5.32 Å². The Bertz CT molecular complexity index is 603. The molecule has 0 spiro atoms. The Morgan fingerprint density at radius 1 is 1.37 bits per heavy atom. The minimum atomic E-state index is -0.764. The van der Waals surface area contributed by atoms with Crippen LogP contribution in [0.2, 0.25) is 0 Å². The van der Waals surface area contributed by atoms with Crippen molar-refractivity contribution in [3.05, 3.63) is 56.7 Å². The van der Waals surface area contributed by atoms with Gasteiger partial charge in [-0.3, -0.25) is 4.79 Å². The number of carbonyl (C=O) groups excluding carboxylic acids is 1. The third-order valence-corrected chi connectivity index (χ3v) is 4.56. The Morgan fingerprint density at radius 2 is 2.11 bits per heavy atom. The van der Waals surface area contributed by atoms with Crippen LogP contribution in [0.25, 0.3) is 0 Å². The Morgan fingerprint density at radius 3 is 2.68 bits per heavy atom. The molecule has 0 saturated carbocycles. The molecule has 19 heavy (non-hydrogen) atoms. The number of nitrogens with one attached hydrogen (secondary N) is 1. The van der Waals surface area contributed by atoms with E-state index < -0.39 is 5.92 Å². The van der Waals surface area contributed by atoms with Crippen LogP contribution in [0.5, 0.6) is 0 Å². The largest absolute Gasteiger partial charge is 0.350 e. The summed E-state index contributed by atoms with van der Waals surface area (Å²) < 4.78 is 0.978. The highest BCUT2D eigenvalue weighted by atomic mass is 79.9. The number of halogens is 1. The van der Waals surface area contributed by atoms with Crippen LogP contribution in [0, 0.1) is 11.3 Å². The topological polar surface area (TPSA) is 52.9 Å². The second-order valence-corrected chi connectivity index (χ2v) is 5.74. The van der Waals surface area contributed by atoms with E-state index in [1.165, 1.54) is 0 Å². The quantitative estimate of drug-likeness (QED) is 0.931. The summed E-state index contributed by atoms with van der Waals surface area (Å²) in [5.74, 6) is -1.03. The van der Waals surface area contributed by atoms with E-state index in [2.05, 4.69) is 21.2 Å². The molecule has 96 valence electrons. The van der Waals surface area contributed by atoms with Gasteiger partial charge in [0.1, 0.15) is 5.92 Å². The van der Waals surface area contributed by atoms with Crippen LogP contribution in [0.3, 0.4) is 0 Å². The second-order valence-electron chi connectivity index (χ2n) is 3.88. The Balaban J connectivity index is 2.03. The van der Waals surface area contributed by atoms with Crippen molar-refractivity contribution >= 4 is 33.2 Å². The van der Waals surface area contributed by atoms with E-state index in [1.54, 1.807) is 23.5 Å². The molecular formula is C14H11BrN2OS. The van der Waals surface area contributed by atoms with Gasteiger partial charge in [-0.25, -0.2) is 0 Å². The lowest BCUT2D eigenvalue weighted by molar-refractivity contribution is -0.121. The molecule has 0 bridgehead atoms. The van der Waals surface area contributed by atoms with Crippen LogP contribution < -0.4 is 5.32 Å². The average Bonchev–Trinajstić information content (AvgIpc) is 2.84. The lowest BCUT2D eigenvalue weighted by Gasteiger charge is -2.10. The summed E-state index contributed by atoms with van der Waals surface area (Å²) >= 11 is 4.97. The van der Waals surface area contributed by atoms with Crippen molar-refractivity contribution in [1.29, 1.82) is 5.26 Å². The zero-order valence-electron chi connectivity index (χ0n) is 9.97. The first-order valence-corrected chi connectivity index (χ1v) is 7.34. The van der Waals surface area contributed by atoms with Crippen LogP contribution >= 0.6 is 27.3 Å². The fourth-order valence-corrected chi connectivity index (χ4v) is 3.08. The molecule has 0 aliphatic heterocycles. The predicted octanol–water partition coefficient (Wildman–Crippen LogP) is 3.43. The first kappa shape index (κ1) is 13.8. The normalized spacial score (nSPS) is 11.6. The standard InChI is InChI=1S/C14H11BrN2OS/c15-12-6-7-19-13(12)9-17-14(18)11(8-16)10-4-2-1-3-5-10/h1-7,11H,9H2,(H,17,18). The maximum absolute atomic E-state index is 12.0. The van der Waals surface area contributed by atoms with Gasteiger partial charge >= 0.3 is 0 Å². The lowest BCUT2D eigenvalue weighted by atomic mass is 10.00. The van der Waals surface area contributed by atoms with Gasteiger partial charge < -0.3 is 5.32 Å². The van der Waals surface area contributed by atoms with Gasteiger partial charge in [0.15, 0.2) is 0 Å². The Labute approximate surface area is 124 Å². The molecule has 3 nitrogen and oxygen atoms in total. The highest BCUT2D eigenvalue weighted by Gasteiger charge is 2.19. The van der Waals surface area contributed by atoms with Crippen molar-refractivity contribution < 1.29 is 4.79 Å². The van der Waals surface area contributed by atoms with Crippen molar-refractivity contribution in [3.63, 3.8) is 0 Å². The minimum absolute atomic E-state index is 0.269. The number of nitriles is 1. The molecule has 0 fully saturated rings. The number of nitrogens with zero attached hydrogens (tertiary/aromatic N) is 1. The van der Waals surface area contributed by atoms with E-state index in [1.807, 2.05) is 35.7 Å². The van der Waals surface area contributed by atoms with Crippen LogP contribution in [-0.2, 0) is 11.3 Å². The molecule has 1 aromatic heterocycles. The van der Waals surface area contributed by atoms with Crippen LogP contribution in [0.15, 0.2) is 46.3 Å². The molecular weight excluding hydrogens is 324 g/mol. The number of hydrogen-bond acceptors (Lipinski definition) is 3. The summed E-state index contributed by atoms with van der Waals surface area (Å²) in [4.78, 5) is 13.1. The molecule has 1 amide bonds. The van der Waals surface area contributed by atoms with Crippen molar-refractivity contribution in [3.8, 4) is 6.07 Å². The molecule has 1 heterocycles. The number of benzene rings is 1. The van der Waals surface area contributed by atoms with Gasteiger partial charge in [0, 0.05) is 9.35 Å². The fourth-order valence-electron chi connectivity index (χ4n) is 1.65. The summed E-state index contributed by atoms with van der Waals surface area (Å²) in [7, 11) is 0. The first-order valence-electron chi connectivity index (χ1n) is 5.66. The van der Waals surface area contributed by atoms with Gasteiger partial charge in [0.2, 0.25) is 5.91 Å². The predicted molar refractivity (Wildman–Crippen MR) is 78.7 cm³/mol. The molecule has 0 radical (unpaired) electrons. The summed E-state index contributed by atoms with van der Waals surface area (Å²) in [6, 6.07) is 13.1. The van der Waals surface area contributed by atoms with Crippen molar-refractivity contribution in [2.45, 2.75) is 12.5 Å². The zero-order valence-corrected chi connectivity index (χ0v) is 12.4. The molecule has 0 saturated heterocycles. The maximum atomic E-state index is 12.0. The minimum Gasteiger partial charge on any atom is -0.350 e. The average molecular weight is 335 g/mol. The summed E-state index contributed by atoms with van der Waals surface area (Å²) in [5.41, 5.74) is 0.716. The molecule has 1 unspecified atom stereocenters. The van der Waals surface area contributed by atoms with Crippen molar-refractivity contribution in [2.24, 2.45) is 0 Å². The van der Waals surface area contributed by atoms with Crippen LogP contribution in [-0.4, -0.2) is 5.91 Å². The SMILES string of the molecule is N#CC(C(=O)NCc1sccc1Br)c1ccccc1. The zero-order chi connectivity index (χ0) is 13.7. The molecule has 0 aliphatic rings. The van der Waals surface area contributed by atoms with Gasteiger partial charge in [-0.15, -0.1) is 11.3 Å². The molecule has 1 N–H and O–H groups in total. The molecule has 5 heteroatoms. The van der Waals surface area contributed by atoms with E-state index in [9.17, 15) is 4.79 Å². The molecule has 2 aromatic rings. The second kappa shape index (κ2) is 6.50. The summed E-state index contributed by atoms with van der Waals surface area (Å²) in [6.45, 7) is 0.433. The Hall–Kier alpha value is -1.64. The van der Waals surface area contributed by atoms with Gasteiger partial charge in [0.05, 0.1) is 12.6 Å². The molecule has 0 aliphatic carbocycles. The highest BCUT2D eigenvalue weighted by Crippen LogP contribution is 2.22.